The van der Waals surface area contributed by atoms with E-state index >= 15 is 0 Å². The molecule has 0 saturated carbocycles. The number of nitriles is 1. The molecule has 0 unspecified atom stereocenters. The second-order valence-corrected chi connectivity index (χ2v) is 2.76. The summed E-state index contributed by atoms with van der Waals surface area (Å²) in [6.45, 7) is 0. The van der Waals surface area contributed by atoms with Crippen LogP contribution in [0, 0.1) is 15.0 Å². The molecular weight excluding hydrogens is 227 g/mol. The average Bonchev–Trinajstić information content (AvgIpc) is 2.15. The van der Waals surface area contributed by atoms with E-state index in [1.807, 2.05) is 23.9 Å². The minimum atomic E-state index is 0.748. The van der Waals surface area contributed by atoms with Crippen molar-refractivity contribution in [3.8, 4) is 6.07 Å². The van der Waals surface area contributed by atoms with Crippen LogP contribution >= 0.6 is 22.6 Å². The van der Waals surface area contributed by atoms with Crippen LogP contribution in [0.1, 0.15) is 5.56 Å². The summed E-state index contributed by atoms with van der Waals surface area (Å²) in [6, 6.07) is 3.90. The molecular formula is C6H5IN2. The number of nitrogens with zero attached hydrogens (tertiary/aromatic N) is 2. The second kappa shape index (κ2) is 2.40. The molecule has 0 aliphatic carbocycles. The van der Waals surface area contributed by atoms with Crippen molar-refractivity contribution in [3.63, 3.8) is 0 Å². The van der Waals surface area contributed by atoms with E-state index in [0.29, 0.717) is 0 Å². The van der Waals surface area contributed by atoms with Gasteiger partial charge < -0.3 is 4.57 Å². The Balaban J connectivity index is 3.24. The number of hydrogen-bond acceptors (Lipinski definition) is 1. The second-order valence-electron chi connectivity index (χ2n) is 1.74. The van der Waals surface area contributed by atoms with Gasteiger partial charge in [-0.05, 0) is 28.7 Å². The lowest BCUT2D eigenvalue weighted by Crippen LogP contribution is -1.87. The third kappa shape index (κ3) is 1.08. The average molecular weight is 232 g/mol. The van der Waals surface area contributed by atoms with Gasteiger partial charge in [0.25, 0.3) is 0 Å². The van der Waals surface area contributed by atoms with Crippen LogP contribution in [-0.2, 0) is 7.05 Å². The van der Waals surface area contributed by atoms with E-state index in [2.05, 4.69) is 28.7 Å². The van der Waals surface area contributed by atoms with Crippen LogP contribution in [0.25, 0.3) is 0 Å². The first-order chi connectivity index (χ1) is 4.25. The smallest absolute Gasteiger partial charge is 0.102 e. The van der Waals surface area contributed by atoms with Crippen LogP contribution in [0.3, 0.4) is 0 Å². The van der Waals surface area contributed by atoms with Crippen LogP contribution < -0.4 is 0 Å². The predicted octanol–water partition coefficient (Wildman–Crippen LogP) is 1.50. The lowest BCUT2D eigenvalue weighted by Gasteiger charge is -1.89. The predicted molar refractivity (Wildman–Crippen MR) is 42.8 cm³/mol. The highest BCUT2D eigenvalue weighted by Crippen LogP contribution is 2.10. The van der Waals surface area contributed by atoms with Crippen molar-refractivity contribution in [1.82, 2.24) is 4.57 Å². The quantitative estimate of drug-likeness (QED) is 0.623. The fourth-order valence-corrected chi connectivity index (χ4v) is 1.06. The molecule has 0 aromatic carbocycles. The van der Waals surface area contributed by atoms with Crippen LogP contribution in [0.4, 0.5) is 0 Å². The Hall–Kier alpha value is -0.500. The number of aryl methyl sites for hydroxylation is 1. The van der Waals surface area contributed by atoms with Gasteiger partial charge in [-0.25, -0.2) is 0 Å². The minimum absolute atomic E-state index is 0.748. The van der Waals surface area contributed by atoms with E-state index in [0.717, 1.165) is 9.26 Å². The first kappa shape index (κ1) is 6.62. The molecule has 0 fully saturated rings. The molecule has 1 aromatic rings. The van der Waals surface area contributed by atoms with Crippen LogP contribution in [-0.4, -0.2) is 4.57 Å². The fourth-order valence-electron chi connectivity index (χ4n) is 0.594. The van der Waals surface area contributed by atoms with E-state index in [-0.39, 0.29) is 0 Å². The molecule has 0 atom stereocenters. The molecule has 0 saturated heterocycles. The highest BCUT2D eigenvalue weighted by atomic mass is 127. The fraction of sp³-hybridized carbons (Fsp3) is 0.167. The number of halogens is 1. The third-order valence-corrected chi connectivity index (χ3v) is 2.46. The molecule has 3 heteroatoms. The van der Waals surface area contributed by atoms with Crippen molar-refractivity contribution < 1.29 is 0 Å². The summed E-state index contributed by atoms with van der Waals surface area (Å²) in [5.41, 5.74) is 0.748. The molecule has 0 spiro atoms. The zero-order valence-corrected chi connectivity index (χ0v) is 7.08. The van der Waals surface area contributed by atoms with Crippen molar-refractivity contribution in [2.75, 3.05) is 0 Å². The Morgan fingerprint density at radius 3 is 2.67 bits per heavy atom. The summed E-state index contributed by atoms with van der Waals surface area (Å²) in [7, 11) is 1.92. The summed E-state index contributed by atoms with van der Waals surface area (Å²) in [5.74, 6) is 0. The van der Waals surface area contributed by atoms with Gasteiger partial charge in [0.15, 0.2) is 0 Å². The van der Waals surface area contributed by atoms with Crippen LogP contribution in [0.2, 0.25) is 0 Å². The van der Waals surface area contributed by atoms with Crippen molar-refractivity contribution in [2.24, 2.45) is 7.05 Å². The Labute approximate surface area is 67.2 Å². The molecule has 0 aliphatic rings. The van der Waals surface area contributed by atoms with E-state index in [9.17, 15) is 0 Å². The van der Waals surface area contributed by atoms with Gasteiger partial charge in [0.1, 0.15) is 6.07 Å². The zero-order valence-electron chi connectivity index (χ0n) is 4.93. The molecule has 0 aliphatic heterocycles. The summed E-state index contributed by atoms with van der Waals surface area (Å²) < 4.78 is 2.91. The Kier molecular flexibility index (Phi) is 1.76. The van der Waals surface area contributed by atoms with Crippen molar-refractivity contribution in [3.05, 3.63) is 21.5 Å². The maximum absolute atomic E-state index is 8.46. The van der Waals surface area contributed by atoms with Crippen molar-refractivity contribution in [1.29, 1.82) is 5.26 Å². The normalized spacial score (nSPS) is 9.00. The molecule has 1 aromatic heterocycles. The van der Waals surface area contributed by atoms with Crippen molar-refractivity contribution in [2.45, 2.75) is 0 Å². The van der Waals surface area contributed by atoms with Crippen LogP contribution in [0.15, 0.2) is 12.3 Å². The monoisotopic (exact) mass is 232 g/mol. The maximum atomic E-state index is 8.46. The third-order valence-electron chi connectivity index (χ3n) is 1.12. The first-order valence-electron chi connectivity index (χ1n) is 2.46. The maximum Gasteiger partial charge on any atom is 0.102 e. The number of hydrogen-bond donors (Lipinski definition) is 0. The molecule has 1 heterocycles. The molecule has 0 N–H and O–H groups in total. The van der Waals surface area contributed by atoms with Gasteiger partial charge in [-0.2, -0.15) is 5.26 Å². The SMILES string of the molecule is Cn1ccc(C#N)c1I. The van der Waals surface area contributed by atoms with Crippen molar-refractivity contribution >= 4 is 22.6 Å². The Bertz CT molecular complexity index is 257. The van der Waals surface area contributed by atoms with Gasteiger partial charge in [0.2, 0.25) is 0 Å². The summed E-state index contributed by atoms with van der Waals surface area (Å²) in [6.07, 6.45) is 1.88. The highest BCUT2D eigenvalue weighted by Gasteiger charge is 1.99. The van der Waals surface area contributed by atoms with E-state index in [1.54, 1.807) is 0 Å². The lowest BCUT2D eigenvalue weighted by atomic mass is 10.4. The number of aromatic nitrogens is 1. The van der Waals surface area contributed by atoms with E-state index < -0.39 is 0 Å². The minimum Gasteiger partial charge on any atom is -0.345 e. The summed E-state index contributed by atoms with van der Waals surface area (Å²) in [4.78, 5) is 0. The van der Waals surface area contributed by atoms with Gasteiger partial charge in [-0.3, -0.25) is 0 Å². The van der Waals surface area contributed by atoms with E-state index in [4.69, 9.17) is 5.26 Å². The molecule has 1 rings (SSSR count). The largest absolute Gasteiger partial charge is 0.345 e. The molecule has 0 radical (unpaired) electrons. The van der Waals surface area contributed by atoms with Gasteiger partial charge in [-0.1, -0.05) is 0 Å². The molecule has 46 valence electrons. The molecule has 0 bridgehead atoms. The summed E-state index contributed by atoms with van der Waals surface area (Å²) >= 11 is 2.14. The van der Waals surface area contributed by atoms with E-state index in [1.165, 1.54) is 0 Å². The Morgan fingerprint density at radius 1 is 1.78 bits per heavy atom. The highest BCUT2D eigenvalue weighted by molar-refractivity contribution is 14.1. The summed E-state index contributed by atoms with van der Waals surface area (Å²) in [5, 5.41) is 8.46. The molecule has 2 nitrogen and oxygen atoms in total. The molecule has 0 amide bonds. The first-order valence-corrected chi connectivity index (χ1v) is 3.54. The Morgan fingerprint density at radius 2 is 2.44 bits per heavy atom. The lowest BCUT2D eigenvalue weighted by molar-refractivity contribution is 0.897. The standard InChI is InChI=1S/C6H5IN2/c1-9-3-2-5(4-8)6(9)7/h2-3H,1H3. The van der Waals surface area contributed by atoms with Crippen LogP contribution in [0.5, 0.6) is 0 Å². The van der Waals surface area contributed by atoms with Gasteiger partial charge in [-0.15, -0.1) is 0 Å². The topological polar surface area (TPSA) is 28.7 Å². The zero-order chi connectivity index (χ0) is 6.85. The van der Waals surface area contributed by atoms with Gasteiger partial charge in [0.05, 0.1) is 9.26 Å². The number of rotatable bonds is 0. The molecule has 9 heavy (non-hydrogen) atoms. The van der Waals surface area contributed by atoms with Gasteiger partial charge in [0, 0.05) is 13.2 Å². The van der Waals surface area contributed by atoms with Gasteiger partial charge >= 0.3 is 0 Å².